The quantitative estimate of drug-likeness (QED) is 0.843. The van der Waals surface area contributed by atoms with Crippen molar-refractivity contribution in [2.45, 2.75) is 44.2 Å². The summed E-state index contributed by atoms with van der Waals surface area (Å²) in [5.74, 6) is -0.253. The Kier molecular flexibility index (Phi) is 5.48. The summed E-state index contributed by atoms with van der Waals surface area (Å²) in [6.07, 6.45) is 3.34. The van der Waals surface area contributed by atoms with E-state index in [9.17, 15) is 4.79 Å². The minimum Gasteiger partial charge on any atom is -0.464 e. The van der Waals surface area contributed by atoms with Gasteiger partial charge in [0.1, 0.15) is 0 Å². The Morgan fingerprint density at radius 2 is 2.29 bits per heavy atom. The molecule has 1 aromatic rings. The zero-order valence-electron chi connectivity index (χ0n) is 12.5. The number of carbonyl (C=O) groups is 1. The number of ether oxygens (including phenoxy) is 2. The fourth-order valence-electron chi connectivity index (χ4n) is 2.97. The molecule has 1 N–H and O–H groups in total. The first-order valence-electron chi connectivity index (χ1n) is 7.36. The molecule has 4 nitrogen and oxygen atoms in total. The van der Waals surface area contributed by atoms with Crippen molar-refractivity contribution in [3.05, 3.63) is 29.3 Å². The number of hydrogen-bond acceptors (Lipinski definition) is 4. The first kappa shape index (κ1) is 16.1. The zero-order valence-corrected chi connectivity index (χ0v) is 13.3. The van der Waals surface area contributed by atoms with Gasteiger partial charge in [0.2, 0.25) is 0 Å². The minimum absolute atomic E-state index is 0.204. The van der Waals surface area contributed by atoms with Crippen LogP contribution < -0.4 is 5.32 Å². The van der Waals surface area contributed by atoms with Gasteiger partial charge in [-0.05, 0) is 38.0 Å². The van der Waals surface area contributed by atoms with Crippen LogP contribution in [0.15, 0.2) is 24.3 Å². The Morgan fingerprint density at radius 1 is 1.48 bits per heavy atom. The topological polar surface area (TPSA) is 47.6 Å². The maximum absolute atomic E-state index is 12.6. The molecule has 2 unspecified atom stereocenters. The highest BCUT2D eigenvalue weighted by molar-refractivity contribution is 6.30. The van der Waals surface area contributed by atoms with Crippen molar-refractivity contribution in [2.75, 3.05) is 19.0 Å². The molecule has 2 rings (SSSR count). The molecule has 2 atom stereocenters. The fourth-order valence-corrected chi connectivity index (χ4v) is 3.16. The van der Waals surface area contributed by atoms with Crippen LogP contribution >= 0.6 is 11.6 Å². The molecule has 0 radical (unpaired) electrons. The number of halogens is 1. The summed E-state index contributed by atoms with van der Waals surface area (Å²) >= 11 is 6.03. The lowest BCUT2D eigenvalue weighted by Gasteiger charge is -2.42. The van der Waals surface area contributed by atoms with Crippen molar-refractivity contribution in [1.82, 2.24) is 0 Å². The molecule has 0 aromatic heterocycles. The number of hydrogen-bond donors (Lipinski definition) is 1. The van der Waals surface area contributed by atoms with Crippen molar-refractivity contribution >= 4 is 23.3 Å². The predicted molar refractivity (Wildman–Crippen MR) is 83.7 cm³/mol. The molecule has 0 bridgehead atoms. The van der Waals surface area contributed by atoms with Gasteiger partial charge in [0, 0.05) is 17.8 Å². The largest absolute Gasteiger partial charge is 0.464 e. The Balaban J connectivity index is 2.32. The summed E-state index contributed by atoms with van der Waals surface area (Å²) in [6, 6.07) is 7.37. The highest BCUT2D eigenvalue weighted by Gasteiger charge is 2.49. The van der Waals surface area contributed by atoms with Crippen molar-refractivity contribution < 1.29 is 14.3 Å². The summed E-state index contributed by atoms with van der Waals surface area (Å²) in [6.45, 7) is 2.17. The fraction of sp³-hybridized carbons (Fsp3) is 0.562. The van der Waals surface area contributed by atoms with Gasteiger partial charge in [0.25, 0.3) is 0 Å². The monoisotopic (exact) mass is 311 g/mol. The van der Waals surface area contributed by atoms with E-state index in [-0.39, 0.29) is 12.1 Å². The number of rotatable bonds is 5. The van der Waals surface area contributed by atoms with Gasteiger partial charge in [0.05, 0.1) is 12.7 Å². The van der Waals surface area contributed by atoms with Crippen LogP contribution in [-0.2, 0) is 14.3 Å². The van der Waals surface area contributed by atoms with Crippen molar-refractivity contribution in [3.8, 4) is 0 Å². The van der Waals surface area contributed by atoms with Crippen LogP contribution in [0.1, 0.15) is 32.6 Å². The van der Waals surface area contributed by atoms with E-state index in [0.717, 1.165) is 24.9 Å². The van der Waals surface area contributed by atoms with Crippen LogP contribution in [0, 0.1) is 0 Å². The molecular formula is C16H22ClNO3. The molecule has 1 fully saturated rings. The molecule has 1 aliphatic carbocycles. The summed E-state index contributed by atoms with van der Waals surface area (Å²) in [5, 5.41) is 3.97. The lowest BCUT2D eigenvalue weighted by Crippen LogP contribution is -2.58. The predicted octanol–water partition coefficient (Wildman–Crippen LogP) is 3.64. The second-order valence-electron chi connectivity index (χ2n) is 5.30. The summed E-state index contributed by atoms with van der Waals surface area (Å²) in [7, 11) is 1.64. The number of benzene rings is 1. The maximum Gasteiger partial charge on any atom is 0.334 e. The molecule has 0 saturated heterocycles. The molecule has 116 valence electrons. The van der Waals surface area contributed by atoms with Gasteiger partial charge in [-0.2, -0.15) is 0 Å². The Bertz CT molecular complexity index is 494. The molecule has 0 spiro atoms. The highest BCUT2D eigenvalue weighted by Crippen LogP contribution is 2.35. The van der Waals surface area contributed by atoms with Gasteiger partial charge >= 0.3 is 5.97 Å². The summed E-state index contributed by atoms with van der Waals surface area (Å²) < 4.78 is 10.9. The Morgan fingerprint density at radius 3 is 2.95 bits per heavy atom. The van der Waals surface area contributed by atoms with Gasteiger partial charge < -0.3 is 14.8 Å². The van der Waals surface area contributed by atoms with E-state index in [4.69, 9.17) is 21.1 Å². The molecule has 0 heterocycles. The third-order valence-corrected chi connectivity index (χ3v) is 4.19. The summed E-state index contributed by atoms with van der Waals surface area (Å²) in [4.78, 5) is 12.6. The van der Waals surface area contributed by atoms with E-state index in [2.05, 4.69) is 5.32 Å². The van der Waals surface area contributed by atoms with E-state index in [0.29, 0.717) is 18.1 Å². The van der Waals surface area contributed by atoms with Crippen molar-refractivity contribution in [2.24, 2.45) is 0 Å². The average Bonchev–Trinajstić information content (AvgIpc) is 2.48. The number of anilines is 1. The molecule has 0 aliphatic heterocycles. The van der Waals surface area contributed by atoms with Crippen LogP contribution in [0.5, 0.6) is 0 Å². The second kappa shape index (κ2) is 7.14. The number of carbonyl (C=O) groups excluding carboxylic acids is 1. The van der Waals surface area contributed by atoms with Gasteiger partial charge in [-0.25, -0.2) is 4.79 Å². The molecular weight excluding hydrogens is 290 g/mol. The summed E-state index contributed by atoms with van der Waals surface area (Å²) in [5.41, 5.74) is -0.0345. The third kappa shape index (κ3) is 3.50. The van der Waals surface area contributed by atoms with E-state index >= 15 is 0 Å². The molecule has 1 aliphatic rings. The first-order valence-corrected chi connectivity index (χ1v) is 7.74. The SMILES string of the molecule is CCOC(=O)C1(Nc2cccc(Cl)c2)CCCCC1OC. The molecule has 1 saturated carbocycles. The van der Waals surface area contributed by atoms with E-state index < -0.39 is 5.54 Å². The molecule has 1 aromatic carbocycles. The third-order valence-electron chi connectivity index (χ3n) is 3.95. The van der Waals surface area contributed by atoms with Gasteiger partial charge in [-0.15, -0.1) is 0 Å². The second-order valence-corrected chi connectivity index (χ2v) is 5.73. The maximum atomic E-state index is 12.6. The van der Waals surface area contributed by atoms with Gasteiger partial charge in [-0.3, -0.25) is 0 Å². The van der Waals surface area contributed by atoms with Gasteiger partial charge in [-0.1, -0.05) is 30.5 Å². The Hall–Kier alpha value is -1.26. The lowest BCUT2D eigenvalue weighted by atomic mass is 9.78. The minimum atomic E-state index is -0.840. The Labute approximate surface area is 130 Å². The first-order chi connectivity index (χ1) is 10.1. The number of esters is 1. The smallest absolute Gasteiger partial charge is 0.334 e. The standard InChI is InChI=1S/C16H22ClNO3/c1-3-21-15(19)16(10-5-4-9-14(16)20-2)18-13-8-6-7-12(17)11-13/h6-8,11,14,18H,3-5,9-10H2,1-2H3. The molecule has 5 heteroatoms. The van der Waals surface area contributed by atoms with E-state index in [1.54, 1.807) is 13.2 Å². The van der Waals surface area contributed by atoms with Crippen LogP contribution in [-0.4, -0.2) is 31.3 Å². The normalized spacial score (nSPS) is 25.4. The average molecular weight is 312 g/mol. The highest BCUT2D eigenvalue weighted by atomic mass is 35.5. The molecule has 21 heavy (non-hydrogen) atoms. The van der Waals surface area contributed by atoms with Crippen LogP contribution in [0.25, 0.3) is 0 Å². The van der Waals surface area contributed by atoms with Crippen LogP contribution in [0.3, 0.4) is 0 Å². The number of methoxy groups -OCH3 is 1. The van der Waals surface area contributed by atoms with E-state index in [1.807, 2.05) is 25.1 Å². The molecule has 0 amide bonds. The zero-order chi connectivity index (χ0) is 15.3. The van der Waals surface area contributed by atoms with E-state index in [1.165, 1.54) is 0 Å². The van der Waals surface area contributed by atoms with Crippen molar-refractivity contribution in [3.63, 3.8) is 0 Å². The van der Waals surface area contributed by atoms with Crippen LogP contribution in [0.4, 0.5) is 5.69 Å². The van der Waals surface area contributed by atoms with Crippen LogP contribution in [0.2, 0.25) is 5.02 Å². The number of nitrogens with one attached hydrogen (secondary N) is 1. The van der Waals surface area contributed by atoms with Crippen molar-refractivity contribution in [1.29, 1.82) is 0 Å². The van der Waals surface area contributed by atoms with Gasteiger partial charge in [0.15, 0.2) is 5.54 Å². The lowest BCUT2D eigenvalue weighted by molar-refractivity contribution is -0.156.